The van der Waals surface area contributed by atoms with Gasteiger partial charge in [0.1, 0.15) is 0 Å². The number of benzene rings is 1. The van der Waals surface area contributed by atoms with Crippen LogP contribution in [0.4, 0.5) is 5.69 Å². The van der Waals surface area contributed by atoms with Gasteiger partial charge < -0.3 is 8.86 Å². The molecule has 3 nitrogen and oxygen atoms in total. The SMILES string of the molecule is CCCN(c1ccccc1)S(=O)[O-]. The van der Waals surface area contributed by atoms with E-state index in [0.717, 1.165) is 12.1 Å². The van der Waals surface area contributed by atoms with Crippen LogP contribution in [-0.2, 0) is 11.3 Å². The van der Waals surface area contributed by atoms with E-state index in [4.69, 9.17) is 0 Å². The smallest absolute Gasteiger partial charge is 0.0482 e. The number of hydrogen-bond acceptors (Lipinski definition) is 2. The molecule has 0 saturated carbocycles. The fraction of sp³-hybridized carbons (Fsp3) is 0.333. The number of para-hydroxylation sites is 1. The summed E-state index contributed by atoms with van der Waals surface area (Å²) in [5.41, 5.74) is 0.720. The molecule has 72 valence electrons. The Bertz CT molecular complexity index is 276. The Kier molecular flexibility index (Phi) is 3.92. The van der Waals surface area contributed by atoms with Crippen LogP contribution in [0, 0.1) is 0 Å². The molecule has 0 amide bonds. The second kappa shape index (κ2) is 4.99. The number of rotatable bonds is 4. The average molecular weight is 198 g/mol. The Morgan fingerprint density at radius 2 is 2.00 bits per heavy atom. The summed E-state index contributed by atoms with van der Waals surface area (Å²) in [5.74, 6) is 0. The predicted molar refractivity (Wildman–Crippen MR) is 53.0 cm³/mol. The zero-order valence-corrected chi connectivity index (χ0v) is 8.29. The first-order chi connectivity index (χ1) is 6.25. The maximum atomic E-state index is 10.8. The molecule has 4 heteroatoms. The van der Waals surface area contributed by atoms with E-state index in [-0.39, 0.29) is 0 Å². The van der Waals surface area contributed by atoms with E-state index in [1.807, 2.05) is 25.1 Å². The van der Waals surface area contributed by atoms with E-state index >= 15 is 0 Å². The van der Waals surface area contributed by atoms with Gasteiger partial charge in [0.2, 0.25) is 0 Å². The monoisotopic (exact) mass is 198 g/mol. The zero-order valence-electron chi connectivity index (χ0n) is 7.47. The van der Waals surface area contributed by atoms with Gasteiger partial charge in [0.05, 0.1) is 0 Å². The molecule has 0 aliphatic rings. The molecule has 0 N–H and O–H groups in total. The summed E-state index contributed by atoms with van der Waals surface area (Å²) in [6, 6.07) is 9.08. The Morgan fingerprint density at radius 1 is 1.38 bits per heavy atom. The summed E-state index contributed by atoms with van der Waals surface area (Å²) < 4.78 is 23.0. The minimum absolute atomic E-state index is 0.528. The van der Waals surface area contributed by atoms with E-state index in [9.17, 15) is 8.76 Å². The highest BCUT2D eigenvalue weighted by Gasteiger charge is 2.03. The van der Waals surface area contributed by atoms with Gasteiger partial charge in [-0.05, 0) is 18.6 Å². The molecule has 0 aliphatic carbocycles. The Labute approximate surface area is 80.8 Å². The molecule has 0 saturated heterocycles. The van der Waals surface area contributed by atoms with Crippen LogP contribution in [0.25, 0.3) is 0 Å². The van der Waals surface area contributed by atoms with Crippen molar-refractivity contribution in [3.63, 3.8) is 0 Å². The lowest BCUT2D eigenvalue weighted by atomic mass is 10.3. The van der Waals surface area contributed by atoms with Crippen LogP contribution in [0.15, 0.2) is 30.3 Å². The molecule has 13 heavy (non-hydrogen) atoms. The predicted octanol–water partition coefficient (Wildman–Crippen LogP) is 1.70. The summed E-state index contributed by atoms with van der Waals surface area (Å²) in [6.07, 6.45) is 0.808. The first kappa shape index (κ1) is 10.2. The molecule has 1 rings (SSSR count). The topological polar surface area (TPSA) is 43.4 Å². The molecule has 0 bridgehead atoms. The van der Waals surface area contributed by atoms with Crippen molar-refractivity contribution in [2.75, 3.05) is 10.8 Å². The maximum absolute atomic E-state index is 10.8. The van der Waals surface area contributed by atoms with Gasteiger partial charge in [-0.3, -0.25) is 4.21 Å². The van der Waals surface area contributed by atoms with Gasteiger partial charge in [-0.25, -0.2) is 0 Å². The molecule has 0 fully saturated rings. The van der Waals surface area contributed by atoms with Crippen molar-refractivity contribution >= 4 is 17.0 Å². The molecule has 1 atom stereocenters. The quantitative estimate of drug-likeness (QED) is 0.691. The molecule has 0 heterocycles. The highest BCUT2D eigenvalue weighted by Crippen LogP contribution is 2.14. The molecular formula is C9H12NO2S-. The summed E-state index contributed by atoms with van der Waals surface area (Å²) in [6.45, 7) is 2.48. The van der Waals surface area contributed by atoms with E-state index in [1.165, 1.54) is 4.31 Å². The van der Waals surface area contributed by atoms with Gasteiger partial charge in [-0.1, -0.05) is 25.1 Å². The van der Waals surface area contributed by atoms with Crippen LogP contribution in [0.1, 0.15) is 13.3 Å². The maximum Gasteiger partial charge on any atom is 0.0482 e. The highest BCUT2D eigenvalue weighted by atomic mass is 32.2. The second-order valence-electron chi connectivity index (χ2n) is 2.65. The minimum atomic E-state index is -2.17. The van der Waals surface area contributed by atoms with E-state index in [2.05, 4.69) is 0 Å². The van der Waals surface area contributed by atoms with Crippen molar-refractivity contribution in [3.05, 3.63) is 30.3 Å². The van der Waals surface area contributed by atoms with Crippen molar-refractivity contribution in [2.45, 2.75) is 13.3 Å². The van der Waals surface area contributed by atoms with Gasteiger partial charge in [-0.15, -0.1) is 0 Å². The summed E-state index contributed by atoms with van der Waals surface area (Å²) in [5, 5.41) is 0. The fourth-order valence-corrected chi connectivity index (χ4v) is 1.71. The number of nitrogens with zero attached hydrogens (tertiary/aromatic N) is 1. The van der Waals surface area contributed by atoms with Gasteiger partial charge in [-0.2, -0.15) is 0 Å². The lowest BCUT2D eigenvalue weighted by Gasteiger charge is -2.25. The van der Waals surface area contributed by atoms with E-state index < -0.39 is 11.3 Å². The van der Waals surface area contributed by atoms with E-state index in [1.54, 1.807) is 12.1 Å². The summed E-state index contributed by atoms with van der Waals surface area (Å²) >= 11 is -2.17. The zero-order chi connectivity index (χ0) is 9.68. The molecule has 0 aromatic heterocycles. The highest BCUT2D eigenvalue weighted by molar-refractivity contribution is 7.80. The molecule has 1 aromatic carbocycles. The van der Waals surface area contributed by atoms with Gasteiger partial charge >= 0.3 is 0 Å². The molecular weight excluding hydrogens is 186 g/mol. The van der Waals surface area contributed by atoms with Gasteiger partial charge in [0, 0.05) is 23.5 Å². The molecule has 0 spiro atoms. The fourth-order valence-electron chi connectivity index (χ4n) is 1.09. The normalized spacial score (nSPS) is 12.5. The third kappa shape index (κ3) is 2.82. The first-order valence-corrected chi connectivity index (χ1v) is 5.21. The van der Waals surface area contributed by atoms with Crippen LogP contribution < -0.4 is 4.31 Å². The first-order valence-electron chi connectivity index (χ1n) is 4.17. The summed E-state index contributed by atoms with van der Waals surface area (Å²) in [4.78, 5) is 0. The standard InChI is InChI=1S/C9H13NO2S/c1-2-8-10(13(11)12)9-6-4-3-5-7-9/h3-7H,2,8H2,1H3,(H,11,12)/p-1. The average Bonchev–Trinajstić information content (AvgIpc) is 2.15. The third-order valence-corrected chi connectivity index (χ3v) is 2.40. The van der Waals surface area contributed by atoms with Crippen molar-refractivity contribution in [3.8, 4) is 0 Å². The Morgan fingerprint density at radius 3 is 2.46 bits per heavy atom. The molecule has 0 radical (unpaired) electrons. The van der Waals surface area contributed by atoms with Crippen LogP contribution in [0.5, 0.6) is 0 Å². The molecule has 1 unspecified atom stereocenters. The van der Waals surface area contributed by atoms with Crippen LogP contribution in [-0.4, -0.2) is 15.3 Å². The van der Waals surface area contributed by atoms with Gasteiger partial charge in [0.15, 0.2) is 0 Å². The molecule has 0 aliphatic heterocycles. The Balaban J connectivity index is 2.82. The summed E-state index contributed by atoms with van der Waals surface area (Å²) in [7, 11) is 0. The van der Waals surface area contributed by atoms with Crippen molar-refractivity contribution in [2.24, 2.45) is 0 Å². The largest absolute Gasteiger partial charge is 0.755 e. The number of anilines is 1. The Hall–Kier alpha value is -0.870. The van der Waals surface area contributed by atoms with Crippen LogP contribution >= 0.6 is 0 Å². The lowest BCUT2D eigenvalue weighted by Crippen LogP contribution is -2.25. The molecule has 1 aromatic rings. The minimum Gasteiger partial charge on any atom is -0.755 e. The van der Waals surface area contributed by atoms with Crippen LogP contribution in [0.3, 0.4) is 0 Å². The third-order valence-electron chi connectivity index (χ3n) is 1.65. The van der Waals surface area contributed by atoms with Gasteiger partial charge in [0.25, 0.3) is 0 Å². The van der Waals surface area contributed by atoms with Crippen molar-refractivity contribution in [1.29, 1.82) is 0 Å². The number of hydrogen-bond donors (Lipinski definition) is 0. The van der Waals surface area contributed by atoms with Crippen molar-refractivity contribution < 1.29 is 8.76 Å². The van der Waals surface area contributed by atoms with Crippen LogP contribution in [0.2, 0.25) is 0 Å². The lowest BCUT2D eigenvalue weighted by molar-refractivity contribution is 0.531. The van der Waals surface area contributed by atoms with E-state index in [0.29, 0.717) is 6.54 Å². The van der Waals surface area contributed by atoms with Crippen molar-refractivity contribution in [1.82, 2.24) is 0 Å². The second-order valence-corrected chi connectivity index (χ2v) is 3.53.